The first-order valence-electron chi connectivity index (χ1n) is 7.93. The van der Waals surface area contributed by atoms with Gasteiger partial charge < -0.3 is 19.1 Å². The van der Waals surface area contributed by atoms with Crippen LogP contribution in [0.1, 0.15) is 13.8 Å². The summed E-state index contributed by atoms with van der Waals surface area (Å²) in [6.45, 7) is 2.83. The van der Waals surface area contributed by atoms with Crippen molar-refractivity contribution in [1.82, 2.24) is 0 Å². The number of esters is 2. The molecule has 0 amide bonds. The zero-order chi connectivity index (χ0) is 20.4. The van der Waals surface area contributed by atoms with Crippen LogP contribution in [0.15, 0.2) is 34.4 Å². The first-order chi connectivity index (χ1) is 12.6. The summed E-state index contributed by atoms with van der Waals surface area (Å²) in [5.74, 6) is -1.56. The lowest BCUT2D eigenvalue weighted by Crippen LogP contribution is -2.39. The van der Waals surface area contributed by atoms with Crippen molar-refractivity contribution >= 4 is 39.1 Å². The number of hydrogen-bond donors (Lipinski definition) is 0. The molecule has 0 bridgehead atoms. The van der Waals surface area contributed by atoms with E-state index in [2.05, 4.69) is 0 Å². The largest absolute Gasteiger partial charge is 0.466 e. The number of carbonyl (C=O) groups excluding carboxylic acids is 2. The van der Waals surface area contributed by atoms with E-state index in [1.807, 2.05) is 0 Å². The van der Waals surface area contributed by atoms with Crippen LogP contribution in [-0.4, -0.2) is 53.2 Å². The van der Waals surface area contributed by atoms with E-state index in [0.29, 0.717) is 0 Å². The van der Waals surface area contributed by atoms with Crippen LogP contribution in [0.3, 0.4) is 0 Å². The maximum absolute atomic E-state index is 12.5. The fourth-order valence-electron chi connectivity index (χ4n) is 2.48. The summed E-state index contributed by atoms with van der Waals surface area (Å²) in [6.07, 6.45) is 0. The molecule has 0 atom stereocenters. The molecule has 1 heterocycles. The van der Waals surface area contributed by atoms with Crippen molar-refractivity contribution < 1.29 is 32.2 Å². The maximum atomic E-state index is 12.5. The van der Waals surface area contributed by atoms with Gasteiger partial charge >= 0.3 is 11.9 Å². The van der Waals surface area contributed by atoms with Gasteiger partial charge in [0.2, 0.25) is 0 Å². The minimum Gasteiger partial charge on any atom is -0.466 e. The third-order valence-electron chi connectivity index (χ3n) is 3.99. The van der Waals surface area contributed by atoms with Gasteiger partial charge in [0.05, 0.1) is 47.3 Å². The summed E-state index contributed by atoms with van der Waals surface area (Å²) in [4.78, 5) is 25.7. The summed E-state index contributed by atoms with van der Waals surface area (Å²) in [5.41, 5.74) is 0.0280. The predicted molar refractivity (Wildman–Crippen MR) is 98.1 cm³/mol. The highest BCUT2D eigenvalue weighted by Gasteiger charge is 2.34. The number of methoxy groups -OCH3 is 2. The number of anilines is 1. The lowest BCUT2D eigenvalue weighted by atomic mass is 10.1. The van der Waals surface area contributed by atoms with Crippen molar-refractivity contribution in [3.63, 3.8) is 0 Å². The van der Waals surface area contributed by atoms with Crippen molar-refractivity contribution in [2.24, 2.45) is 0 Å². The van der Waals surface area contributed by atoms with Gasteiger partial charge in [0.15, 0.2) is 9.84 Å². The Morgan fingerprint density at radius 2 is 1.81 bits per heavy atom. The van der Waals surface area contributed by atoms with Gasteiger partial charge in [-0.2, -0.15) is 0 Å². The van der Waals surface area contributed by atoms with E-state index in [4.69, 9.17) is 25.8 Å². The Labute approximate surface area is 162 Å². The van der Waals surface area contributed by atoms with Gasteiger partial charge in [-0.3, -0.25) is 0 Å². The Morgan fingerprint density at radius 1 is 1.19 bits per heavy atom. The third-order valence-corrected chi connectivity index (χ3v) is 6.46. The van der Waals surface area contributed by atoms with Crippen LogP contribution in [0.5, 0.6) is 0 Å². The SMILES string of the molecule is COC(=O)C1=C(C(=O)OC)N(c2cc(S(=O)(=O)C(C)C)ccc2Cl)COC1. The number of halogens is 1. The smallest absolute Gasteiger partial charge is 0.355 e. The molecule has 0 saturated carbocycles. The number of nitrogens with zero attached hydrogens (tertiary/aromatic N) is 1. The molecule has 1 aromatic carbocycles. The van der Waals surface area contributed by atoms with Crippen molar-refractivity contribution in [3.05, 3.63) is 34.5 Å². The normalized spacial score (nSPS) is 15.1. The van der Waals surface area contributed by atoms with E-state index < -0.39 is 27.0 Å². The molecule has 1 aliphatic rings. The zero-order valence-corrected chi connectivity index (χ0v) is 16.9. The minimum absolute atomic E-state index is 0.0336. The number of carbonyl (C=O) groups is 2. The summed E-state index contributed by atoms with van der Waals surface area (Å²) in [7, 11) is -1.24. The highest BCUT2D eigenvalue weighted by atomic mass is 35.5. The van der Waals surface area contributed by atoms with E-state index >= 15 is 0 Å². The lowest BCUT2D eigenvalue weighted by molar-refractivity contribution is -0.140. The standard InChI is InChI=1S/C17H20ClNO7S/c1-10(2)27(22,23)11-5-6-13(18)14(7-11)19-9-26-8-12(16(20)24-3)15(19)17(21)25-4/h5-7,10H,8-9H2,1-4H3. The van der Waals surface area contributed by atoms with Gasteiger partial charge in [-0.15, -0.1) is 0 Å². The molecule has 0 N–H and O–H groups in total. The maximum Gasteiger partial charge on any atom is 0.355 e. The summed E-state index contributed by atoms with van der Waals surface area (Å²) in [6, 6.07) is 4.13. The fourth-order valence-corrected chi connectivity index (χ4v) is 3.78. The van der Waals surface area contributed by atoms with Crippen molar-refractivity contribution in [2.45, 2.75) is 24.0 Å². The molecular formula is C17H20ClNO7S. The number of sulfone groups is 1. The molecule has 0 fully saturated rings. The Bertz CT molecular complexity index is 893. The van der Waals surface area contributed by atoms with Crippen LogP contribution in [0, 0.1) is 0 Å². The topological polar surface area (TPSA) is 99.2 Å². The van der Waals surface area contributed by atoms with Crippen LogP contribution < -0.4 is 4.90 Å². The molecule has 0 aliphatic carbocycles. The number of ether oxygens (including phenoxy) is 3. The third kappa shape index (κ3) is 4.10. The molecule has 0 saturated heterocycles. The average Bonchev–Trinajstić information content (AvgIpc) is 2.66. The monoisotopic (exact) mass is 417 g/mol. The fraction of sp³-hybridized carbons (Fsp3) is 0.412. The van der Waals surface area contributed by atoms with Crippen molar-refractivity contribution in [1.29, 1.82) is 0 Å². The molecule has 27 heavy (non-hydrogen) atoms. The number of hydrogen-bond acceptors (Lipinski definition) is 8. The van der Waals surface area contributed by atoms with E-state index in [1.54, 1.807) is 13.8 Å². The van der Waals surface area contributed by atoms with Crippen LogP contribution >= 0.6 is 11.6 Å². The molecular weight excluding hydrogens is 398 g/mol. The predicted octanol–water partition coefficient (Wildman–Crippen LogP) is 1.92. The molecule has 8 nitrogen and oxygen atoms in total. The Hall–Kier alpha value is -2.10. The minimum atomic E-state index is -3.58. The molecule has 1 aromatic rings. The van der Waals surface area contributed by atoms with E-state index in [-0.39, 0.29) is 40.2 Å². The Morgan fingerprint density at radius 3 is 2.37 bits per heavy atom. The van der Waals surface area contributed by atoms with Crippen LogP contribution in [0.4, 0.5) is 5.69 Å². The summed E-state index contributed by atoms with van der Waals surface area (Å²) < 4.78 is 39.8. The van der Waals surface area contributed by atoms with Gasteiger partial charge in [0.25, 0.3) is 0 Å². The number of rotatable bonds is 5. The highest BCUT2D eigenvalue weighted by Crippen LogP contribution is 2.35. The molecule has 10 heteroatoms. The van der Waals surface area contributed by atoms with E-state index in [1.165, 1.54) is 37.3 Å². The molecule has 148 valence electrons. The Balaban J connectivity index is 2.68. The van der Waals surface area contributed by atoms with Crippen molar-refractivity contribution in [3.8, 4) is 0 Å². The highest BCUT2D eigenvalue weighted by molar-refractivity contribution is 7.92. The van der Waals surface area contributed by atoms with Gasteiger partial charge in [0.1, 0.15) is 12.4 Å². The quantitative estimate of drug-likeness (QED) is 0.670. The van der Waals surface area contributed by atoms with Crippen molar-refractivity contribution in [2.75, 3.05) is 32.5 Å². The van der Waals surface area contributed by atoms with Gasteiger partial charge in [-0.25, -0.2) is 18.0 Å². The summed E-state index contributed by atoms with van der Waals surface area (Å²) >= 11 is 6.25. The average molecular weight is 418 g/mol. The van der Waals surface area contributed by atoms with E-state index in [9.17, 15) is 18.0 Å². The van der Waals surface area contributed by atoms with Crippen LogP contribution in [-0.2, 0) is 33.6 Å². The molecule has 0 radical (unpaired) electrons. The first kappa shape index (κ1) is 21.2. The van der Waals surface area contributed by atoms with Crippen LogP contribution in [0.2, 0.25) is 5.02 Å². The van der Waals surface area contributed by atoms with Gasteiger partial charge in [0, 0.05) is 0 Å². The molecule has 1 aliphatic heterocycles. The Kier molecular flexibility index (Phi) is 6.50. The first-order valence-corrected chi connectivity index (χ1v) is 9.86. The van der Waals surface area contributed by atoms with Crippen LogP contribution in [0.25, 0.3) is 0 Å². The second-order valence-electron chi connectivity index (χ2n) is 5.92. The second-order valence-corrected chi connectivity index (χ2v) is 8.83. The van der Waals surface area contributed by atoms with Gasteiger partial charge in [-0.1, -0.05) is 11.6 Å². The van der Waals surface area contributed by atoms with E-state index in [0.717, 1.165) is 0 Å². The number of benzene rings is 1. The lowest BCUT2D eigenvalue weighted by Gasteiger charge is -2.32. The van der Waals surface area contributed by atoms with Gasteiger partial charge in [-0.05, 0) is 32.0 Å². The summed E-state index contributed by atoms with van der Waals surface area (Å²) in [5, 5.41) is -0.473. The molecule has 2 rings (SSSR count). The zero-order valence-electron chi connectivity index (χ0n) is 15.3. The second kappa shape index (κ2) is 8.28. The molecule has 0 spiro atoms. The molecule has 0 unspecified atom stereocenters. The molecule has 0 aromatic heterocycles.